The molecule has 0 aliphatic heterocycles. The van der Waals surface area contributed by atoms with Crippen molar-refractivity contribution in [3.63, 3.8) is 0 Å². The molecule has 114 valence electrons. The average molecular weight is 313 g/mol. The number of hydrogen-bond donors (Lipinski definition) is 1. The first-order valence-corrected chi connectivity index (χ1v) is 9.09. The maximum Gasteiger partial charge on any atom is 0.217 e. The Labute approximate surface area is 134 Å². The lowest BCUT2D eigenvalue weighted by Crippen LogP contribution is -2.50. The van der Waals surface area contributed by atoms with Gasteiger partial charge in [0.05, 0.1) is 0 Å². The summed E-state index contributed by atoms with van der Waals surface area (Å²) in [5.74, 6) is 1.53. The van der Waals surface area contributed by atoms with Crippen LogP contribution in [0, 0.1) is 22.7 Å². The minimum absolute atomic E-state index is 0.0156. The zero-order chi connectivity index (χ0) is 14.6. The van der Waals surface area contributed by atoms with E-state index in [-0.39, 0.29) is 5.60 Å². The Morgan fingerprint density at radius 3 is 2.20 bits per heavy atom. The van der Waals surface area contributed by atoms with Crippen LogP contribution in [0.15, 0.2) is 0 Å². The number of fused-ring (bicyclic) bond motifs is 2. The lowest BCUT2D eigenvalue weighted by atomic mass is 9.59. The van der Waals surface area contributed by atoms with Gasteiger partial charge in [0.25, 0.3) is 0 Å². The zero-order valence-corrected chi connectivity index (χ0v) is 14.8. The fourth-order valence-electron chi connectivity index (χ4n) is 5.84. The van der Waals surface area contributed by atoms with Crippen molar-refractivity contribution >= 4 is 29.2 Å². The van der Waals surface area contributed by atoms with Crippen molar-refractivity contribution in [3.05, 3.63) is 0 Å². The molecular formula is C17H28OS2. The highest BCUT2D eigenvalue weighted by Crippen LogP contribution is 2.71. The average Bonchev–Trinajstić information content (AvgIpc) is 2.71. The molecule has 1 nitrogen and oxygen atoms in total. The first-order valence-electron chi connectivity index (χ1n) is 8.24. The van der Waals surface area contributed by atoms with Crippen LogP contribution in [0.1, 0.15) is 72.1 Å². The standard InChI is InChI=1S/C17H28OS2/c1-15(2)12-7-10-16(15,3)13(11-12)17(18-14(19)20)8-5-4-6-9-17/h12-13H,4-11H2,1-3H3,(H,19,20). The third-order valence-electron chi connectivity index (χ3n) is 7.42. The van der Waals surface area contributed by atoms with Crippen molar-refractivity contribution in [2.24, 2.45) is 22.7 Å². The fourth-order valence-corrected chi connectivity index (χ4v) is 6.19. The number of thiocarbonyl (C=S) groups is 1. The molecule has 0 heterocycles. The van der Waals surface area contributed by atoms with E-state index < -0.39 is 0 Å². The van der Waals surface area contributed by atoms with Crippen LogP contribution in [0.2, 0.25) is 0 Å². The van der Waals surface area contributed by atoms with E-state index >= 15 is 0 Å². The molecule has 3 atom stereocenters. The molecule has 3 rings (SSSR count). The van der Waals surface area contributed by atoms with Crippen LogP contribution in [0.3, 0.4) is 0 Å². The van der Waals surface area contributed by atoms with E-state index in [1.54, 1.807) is 0 Å². The molecule has 3 aliphatic rings. The van der Waals surface area contributed by atoms with E-state index in [1.807, 2.05) is 0 Å². The Hall–Kier alpha value is 0.240. The van der Waals surface area contributed by atoms with E-state index in [9.17, 15) is 0 Å². The molecular weight excluding hydrogens is 284 g/mol. The van der Waals surface area contributed by atoms with Crippen LogP contribution in [-0.2, 0) is 4.74 Å². The SMILES string of the molecule is CC1(C)C2CCC1(C)C(C1(OC(=S)S)CCCCC1)C2. The van der Waals surface area contributed by atoms with E-state index in [0.29, 0.717) is 21.1 Å². The van der Waals surface area contributed by atoms with Crippen molar-refractivity contribution in [1.29, 1.82) is 0 Å². The minimum Gasteiger partial charge on any atom is -0.472 e. The van der Waals surface area contributed by atoms with Crippen LogP contribution in [0.25, 0.3) is 0 Å². The van der Waals surface area contributed by atoms with Gasteiger partial charge in [-0.25, -0.2) is 0 Å². The quantitative estimate of drug-likeness (QED) is 0.541. The van der Waals surface area contributed by atoms with Crippen molar-refractivity contribution < 1.29 is 4.74 Å². The summed E-state index contributed by atoms with van der Waals surface area (Å²) in [5.41, 5.74) is 0.843. The molecule has 0 saturated heterocycles. The number of thiol groups is 1. The van der Waals surface area contributed by atoms with Gasteiger partial charge >= 0.3 is 0 Å². The Morgan fingerprint density at radius 1 is 1.10 bits per heavy atom. The summed E-state index contributed by atoms with van der Waals surface area (Å²) in [4.78, 5) is 0. The second-order valence-electron chi connectivity index (χ2n) is 8.16. The third-order valence-corrected chi connectivity index (χ3v) is 7.59. The van der Waals surface area contributed by atoms with E-state index in [2.05, 4.69) is 33.4 Å². The highest BCUT2D eigenvalue weighted by molar-refractivity contribution is 8.10. The van der Waals surface area contributed by atoms with Gasteiger partial charge in [-0.15, -0.1) is 0 Å². The molecule has 3 aliphatic carbocycles. The monoisotopic (exact) mass is 312 g/mol. The van der Waals surface area contributed by atoms with Crippen molar-refractivity contribution in [2.75, 3.05) is 0 Å². The largest absolute Gasteiger partial charge is 0.472 e. The maximum atomic E-state index is 6.27. The molecule has 0 aromatic heterocycles. The zero-order valence-electron chi connectivity index (χ0n) is 13.1. The molecule has 0 aromatic carbocycles. The second kappa shape index (κ2) is 4.87. The topological polar surface area (TPSA) is 9.23 Å². The van der Waals surface area contributed by atoms with Crippen LogP contribution >= 0.6 is 24.8 Å². The van der Waals surface area contributed by atoms with Gasteiger partial charge in [0.2, 0.25) is 4.38 Å². The van der Waals surface area contributed by atoms with Crippen LogP contribution in [0.5, 0.6) is 0 Å². The molecule has 0 aromatic rings. The Balaban J connectivity index is 1.95. The maximum absolute atomic E-state index is 6.27. The van der Waals surface area contributed by atoms with Crippen molar-refractivity contribution in [1.82, 2.24) is 0 Å². The first-order chi connectivity index (χ1) is 9.32. The van der Waals surface area contributed by atoms with E-state index in [1.165, 1.54) is 51.4 Å². The van der Waals surface area contributed by atoms with Gasteiger partial charge in [-0.05, 0) is 73.9 Å². The molecule has 0 radical (unpaired) electrons. The van der Waals surface area contributed by atoms with Gasteiger partial charge in [-0.2, -0.15) is 0 Å². The Bertz CT molecular complexity index is 411. The molecule has 3 unspecified atom stereocenters. The molecule has 2 bridgehead atoms. The molecule has 0 N–H and O–H groups in total. The van der Waals surface area contributed by atoms with E-state index in [4.69, 9.17) is 17.0 Å². The molecule has 3 saturated carbocycles. The normalized spacial score (nSPS) is 41.6. The van der Waals surface area contributed by atoms with Gasteiger partial charge in [-0.1, -0.05) is 39.8 Å². The van der Waals surface area contributed by atoms with Gasteiger partial charge in [0.15, 0.2) is 0 Å². The number of rotatable bonds is 2. The smallest absolute Gasteiger partial charge is 0.217 e. The number of ether oxygens (including phenoxy) is 1. The highest BCUT2D eigenvalue weighted by Gasteiger charge is 2.66. The third kappa shape index (κ3) is 1.99. The van der Waals surface area contributed by atoms with Crippen LogP contribution in [0.4, 0.5) is 0 Å². The van der Waals surface area contributed by atoms with Gasteiger partial charge in [0, 0.05) is 5.92 Å². The summed E-state index contributed by atoms with van der Waals surface area (Å²) in [5, 5.41) is 0. The molecule has 20 heavy (non-hydrogen) atoms. The number of hydrogen-bond acceptors (Lipinski definition) is 2. The Kier molecular flexibility index (Phi) is 3.69. The molecule has 0 amide bonds. The first kappa shape index (κ1) is 15.1. The predicted octanol–water partition coefficient (Wildman–Crippen LogP) is 5.38. The summed E-state index contributed by atoms with van der Waals surface area (Å²) in [7, 11) is 0. The van der Waals surface area contributed by atoms with Crippen molar-refractivity contribution in [3.8, 4) is 0 Å². The van der Waals surface area contributed by atoms with Crippen LogP contribution < -0.4 is 0 Å². The Morgan fingerprint density at radius 2 is 1.75 bits per heavy atom. The van der Waals surface area contributed by atoms with E-state index in [0.717, 1.165) is 5.92 Å². The molecule has 3 heteroatoms. The van der Waals surface area contributed by atoms with Crippen molar-refractivity contribution in [2.45, 2.75) is 77.7 Å². The molecule has 3 fully saturated rings. The summed E-state index contributed by atoms with van der Waals surface area (Å²) in [6.45, 7) is 7.49. The second-order valence-corrected chi connectivity index (χ2v) is 9.24. The summed E-state index contributed by atoms with van der Waals surface area (Å²) in [6.07, 6.45) is 10.4. The highest BCUT2D eigenvalue weighted by atomic mass is 32.1. The lowest BCUT2D eigenvalue weighted by Gasteiger charge is -2.50. The fraction of sp³-hybridized carbons (Fsp3) is 0.941. The van der Waals surface area contributed by atoms with Gasteiger partial charge in [0.1, 0.15) is 5.60 Å². The van der Waals surface area contributed by atoms with Gasteiger partial charge in [-0.3, -0.25) is 0 Å². The lowest BCUT2D eigenvalue weighted by molar-refractivity contribution is -0.0874. The van der Waals surface area contributed by atoms with Gasteiger partial charge < -0.3 is 4.74 Å². The minimum atomic E-state index is -0.0156. The molecule has 0 spiro atoms. The summed E-state index contributed by atoms with van der Waals surface area (Å²) >= 11 is 9.51. The van der Waals surface area contributed by atoms with Crippen LogP contribution in [-0.4, -0.2) is 9.98 Å². The summed E-state index contributed by atoms with van der Waals surface area (Å²) < 4.78 is 6.72. The summed E-state index contributed by atoms with van der Waals surface area (Å²) in [6, 6.07) is 0. The predicted molar refractivity (Wildman–Crippen MR) is 91.2 cm³/mol.